The number of hydrogen-bond acceptors (Lipinski definition) is 6. The molecular weight excluding hydrogens is 515 g/mol. The molecule has 0 saturated heterocycles. The van der Waals surface area contributed by atoms with Gasteiger partial charge in [0.05, 0.1) is 24.7 Å². The summed E-state index contributed by atoms with van der Waals surface area (Å²) in [5.41, 5.74) is 2.49. The zero-order valence-corrected chi connectivity index (χ0v) is 23.3. The zero-order chi connectivity index (χ0) is 28.3. The maximum Gasteiger partial charge on any atom is 0.416 e. The van der Waals surface area contributed by atoms with E-state index >= 15 is 0 Å². The fourth-order valence-corrected chi connectivity index (χ4v) is 5.78. The van der Waals surface area contributed by atoms with Crippen molar-refractivity contribution in [3.63, 3.8) is 0 Å². The summed E-state index contributed by atoms with van der Waals surface area (Å²) in [6, 6.07) is 14.5. The number of alkyl halides is 3. The Bertz CT molecular complexity index is 1440. The van der Waals surface area contributed by atoms with E-state index in [4.69, 9.17) is 4.98 Å². The van der Waals surface area contributed by atoms with Gasteiger partial charge in [-0.05, 0) is 67.6 Å². The summed E-state index contributed by atoms with van der Waals surface area (Å²) in [4.78, 5) is 11.0. The largest absolute Gasteiger partial charge is 0.416 e. The van der Waals surface area contributed by atoms with E-state index in [9.17, 15) is 13.2 Å². The fraction of sp³-hybridized carbons (Fsp3) is 0.467. The lowest BCUT2D eigenvalue weighted by Crippen LogP contribution is -2.31. The molecule has 212 valence electrons. The smallest absolute Gasteiger partial charge is 0.356 e. The zero-order valence-electron chi connectivity index (χ0n) is 23.3. The number of nitrogens with zero attached hydrogens (tertiary/aromatic N) is 7. The van der Waals surface area contributed by atoms with Crippen LogP contribution in [0.15, 0.2) is 48.5 Å². The third-order valence-electron chi connectivity index (χ3n) is 7.59. The molecule has 0 aliphatic heterocycles. The molecule has 4 aromatic rings. The molecule has 7 nitrogen and oxygen atoms in total. The van der Waals surface area contributed by atoms with Crippen LogP contribution in [-0.2, 0) is 32.9 Å². The molecule has 2 aromatic carbocycles. The van der Waals surface area contributed by atoms with Gasteiger partial charge in [0.15, 0.2) is 5.82 Å². The average molecular weight is 552 g/mol. The second-order valence-electron chi connectivity index (χ2n) is 10.9. The van der Waals surface area contributed by atoms with Gasteiger partial charge >= 0.3 is 6.18 Å². The molecule has 0 spiro atoms. The molecule has 2 aromatic heterocycles. The normalized spacial score (nSPS) is 14.5. The number of rotatable bonds is 10. The Morgan fingerprint density at radius 3 is 2.48 bits per heavy atom. The molecule has 1 aliphatic rings. The first kappa shape index (κ1) is 28.0. The second-order valence-corrected chi connectivity index (χ2v) is 10.9. The minimum atomic E-state index is -4.41. The van der Waals surface area contributed by atoms with Gasteiger partial charge in [0.2, 0.25) is 0 Å². The highest BCUT2D eigenvalue weighted by atomic mass is 19.4. The lowest BCUT2D eigenvalue weighted by Gasteiger charge is -2.30. The quantitative estimate of drug-likeness (QED) is 0.230. The maximum atomic E-state index is 13.6. The van der Waals surface area contributed by atoms with E-state index in [1.165, 1.54) is 42.6 Å². The van der Waals surface area contributed by atoms with Crippen LogP contribution < -0.4 is 4.90 Å². The third kappa shape index (κ3) is 6.78. The van der Waals surface area contributed by atoms with Crippen LogP contribution >= 0.6 is 0 Å². The molecule has 0 N–H and O–H groups in total. The second kappa shape index (κ2) is 11.9. The summed E-state index contributed by atoms with van der Waals surface area (Å²) in [5.74, 6) is 2.10. The van der Waals surface area contributed by atoms with Gasteiger partial charge < -0.3 is 4.90 Å². The fourth-order valence-electron chi connectivity index (χ4n) is 5.78. The Kier molecular flexibility index (Phi) is 8.35. The number of aromatic nitrogens is 5. The first-order valence-corrected chi connectivity index (χ1v) is 13.9. The van der Waals surface area contributed by atoms with E-state index < -0.39 is 11.7 Å². The van der Waals surface area contributed by atoms with Crippen LogP contribution in [0.3, 0.4) is 0 Å². The number of para-hydroxylation sites is 1. The summed E-state index contributed by atoms with van der Waals surface area (Å²) in [7, 11) is 1.70. The maximum absolute atomic E-state index is 13.6. The molecule has 0 atom stereocenters. The Morgan fingerprint density at radius 2 is 1.77 bits per heavy atom. The summed E-state index contributed by atoms with van der Waals surface area (Å²) >= 11 is 0. The van der Waals surface area contributed by atoms with E-state index in [1.54, 1.807) is 14.0 Å². The highest BCUT2D eigenvalue weighted by molar-refractivity contribution is 5.81. The van der Waals surface area contributed by atoms with Crippen molar-refractivity contribution in [3.05, 3.63) is 76.6 Å². The van der Waals surface area contributed by atoms with Crippen molar-refractivity contribution in [2.24, 2.45) is 13.0 Å². The number of fused-ring (bicyclic) bond motifs is 1. The molecule has 0 unspecified atom stereocenters. The molecule has 1 fully saturated rings. The van der Waals surface area contributed by atoms with Gasteiger partial charge in [0, 0.05) is 37.1 Å². The minimum Gasteiger partial charge on any atom is -0.356 e. The Labute approximate surface area is 233 Å². The SMILES string of the molecule is CCN(CC1CCCC1)c1nc2ccccc2cc1CN(Cc1cc(C)cc(C(F)(F)F)c1)Cc1nnn(C)n1. The monoisotopic (exact) mass is 551 g/mol. The van der Waals surface area contributed by atoms with Crippen molar-refractivity contribution in [2.75, 3.05) is 18.0 Å². The Hall–Kier alpha value is -3.53. The van der Waals surface area contributed by atoms with Gasteiger partial charge in [0.25, 0.3) is 0 Å². The molecule has 0 radical (unpaired) electrons. The van der Waals surface area contributed by atoms with Crippen molar-refractivity contribution in [1.29, 1.82) is 0 Å². The van der Waals surface area contributed by atoms with Crippen LogP contribution in [0.1, 0.15) is 60.7 Å². The third-order valence-corrected chi connectivity index (χ3v) is 7.59. The predicted molar refractivity (Wildman–Crippen MR) is 150 cm³/mol. The van der Waals surface area contributed by atoms with E-state index in [1.807, 2.05) is 30.3 Å². The first-order chi connectivity index (χ1) is 19.2. The molecule has 2 heterocycles. The summed E-state index contributed by atoms with van der Waals surface area (Å²) in [6.45, 7) is 6.74. The van der Waals surface area contributed by atoms with Crippen LogP contribution in [0.2, 0.25) is 0 Å². The molecule has 1 aliphatic carbocycles. The summed E-state index contributed by atoms with van der Waals surface area (Å²) < 4.78 is 40.9. The van der Waals surface area contributed by atoms with Crippen LogP contribution in [0.4, 0.5) is 19.0 Å². The van der Waals surface area contributed by atoms with Crippen molar-refractivity contribution in [3.8, 4) is 0 Å². The number of benzene rings is 2. The molecule has 10 heteroatoms. The first-order valence-electron chi connectivity index (χ1n) is 13.9. The topological polar surface area (TPSA) is 63.0 Å². The van der Waals surface area contributed by atoms with Crippen molar-refractivity contribution in [1.82, 2.24) is 30.1 Å². The van der Waals surface area contributed by atoms with Crippen LogP contribution in [-0.4, -0.2) is 43.2 Å². The van der Waals surface area contributed by atoms with E-state index in [0.29, 0.717) is 42.5 Å². The number of aryl methyl sites for hydroxylation is 2. The van der Waals surface area contributed by atoms with Gasteiger partial charge in [-0.25, -0.2) is 4.98 Å². The number of halogens is 3. The number of tetrazole rings is 1. The van der Waals surface area contributed by atoms with Crippen molar-refractivity contribution < 1.29 is 13.2 Å². The van der Waals surface area contributed by atoms with Crippen LogP contribution in [0.5, 0.6) is 0 Å². The molecular formula is C30H36F3N7. The summed E-state index contributed by atoms with van der Waals surface area (Å²) in [5, 5.41) is 13.5. The lowest BCUT2D eigenvalue weighted by molar-refractivity contribution is -0.137. The Morgan fingerprint density at radius 1 is 1.00 bits per heavy atom. The molecule has 40 heavy (non-hydrogen) atoms. The van der Waals surface area contributed by atoms with E-state index in [0.717, 1.165) is 35.4 Å². The standard InChI is InChI=1S/C30H36F3N7/c1-4-40(18-22-9-5-6-10-22)29-25(16-24-11-7-8-12-27(24)34-29)19-39(20-28-35-37-38(3)36-28)17-23-13-21(2)14-26(15-23)30(31,32)33/h7-8,11-16,22H,4-6,9-10,17-20H2,1-3H3. The van der Waals surface area contributed by atoms with Crippen LogP contribution in [0.25, 0.3) is 10.9 Å². The van der Waals surface area contributed by atoms with Gasteiger partial charge in [-0.3, -0.25) is 4.90 Å². The molecule has 0 bridgehead atoms. The lowest BCUT2D eigenvalue weighted by atomic mass is 10.0. The van der Waals surface area contributed by atoms with Gasteiger partial charge in [-0.1, -0.05) is 42.7 Å². The Balaban J connectivity index is 1.52. The molecule has 1 saturated carbocycles. The van der Waals surface area contributed by atoms with Crippen LogP contribution in [0, 0.1) is 12.8 Å². The predicted octanol–water partition coefficient (Wildman–Crippen LogP) is 6.30. The average Bonchev–Trinajstić information content (AvgIpc) is 3.57. The number of hydrogen-bond donors (Lipinski definition) is 0. The van der Waals surface area contributed by atoms with E-state index in [2.05, 4.69) is 38.2 Å². The van der Waals surface area contributed by atoms with Crippen molar-refractivity contribution in [2.45, 2.75) is 65.3 Å². The number of anilines is 1. The van der Waals surface area contributed by atoms with Gasteiger partial charge in [0.1, 0.15) is 5.82 Å². The minimum absolute atomic E-state index is 0.296. The van der Waals surface area contributed by atoms with Gasteiger partial charge in [-0.15, -0.1) is 10.2 Å². The van der Waals surface area contributed by atoms with E-state index in [-0.39, 0.29) is 0 Å². The highest BCUT2D eigenvalue weighted by Gasteiger charge is 2.31. The molecule has 5 rings (SSSR count). The summed E-state index contributed by atoms with van der Waals surface area (Å²) in [6.07, 6.45) is 0.609. The number of pyridine rings is 1. The van der Waals surface area contributed by atoms with Crippen molar-refractivity contribution >= 4 is 16.7 Å². The molecule has 0 amide bonds. The van der Waals surface area contributed by atoms with Gasteiger partial charge in [-0.2, -0.15) is 18.0 Å². The highest BCUT2D eigenvalue weighted by Crippen LogP contribution is 2.33.